The first kappa shape index (κ1) is 20.8. The lowest BCUT2D eigenvalue weighted by Crippen LogP contribution is -2.49. The molecule has 6 nitrogen and oxygen atoms in total. The fourth-order valence-electron chi connectivity index (χ4n) is 3.84. The van der Waals surface area contributed by atoms with Gasteiger partial charge in [-0.05, 0) is 43.2 Å². The zero-order valence-corrected chi connectivity index (χ0v) is 19.0. The van der Waals surface area contributed by atoms with Crippen LogP contribution in [0.3, 0.4) is 0 Å². The third kappa shape index (κ3) is 3.81. The molecular formula is C22H25N3O3S2. The molecule has 158 valence electrons. The topological polar surface area (TPSA) is 70.6 Å². The van der Waals surface area contributed by atoms with E-state index in [9.17, 15) is 13.2 Å². The van der Waals surface area contributed by atoms with Crippen LogP contribution in [0.5, 0.6) is 0 Å². The minimum atomic E-state index is -3.46. The molecule has 0 aliphatic carbocycles. The SMILES string of the molecule is CCS(=O)(=O)c1ccccc1C(=O)N1CCN(c2nc3c(C)cc(C)cc3s2)CC1. The van der Waals surface area contributed by atoms with Gasteiger partial charge in [-0.15, -0.1) is 0 Å². The predicted molar refractivity (Wildman–Crippen MR) is 121 cm³/mol. The number of hydrogen-bond acceptors (Lipinski definition) is 6. The molecule has 1 aliphatic rings. The van der Waals surface area contributed by atoms with Gasteiger partial charge in [-0.2, -0.15) is 0 Å². The first-order valence-electron chi connectivity index (χ1n) is 10.0. The number of nitrogens with zero attached hydrogens (tertiary/aromatic N) is 3. The second-order valence-corrected chi connectivity index (χ2v) is 10.9. The lowest BCUT2D eigenvalue weighted by atomic mass is 10.1. The Kier molecular flexibility index (Phi) is 5.55. The number of aryl methyl sites for hydroxylation is 2. The highest BCUT2D eigenvalue weighted by atomic mass is 32.2. The monoisotopic (exact) mass is 443 g/mol. The van der Waals surface area contributed by atoms with Gasteiger partial charge >= 0.3 is 0 Å². The van der Waals surface area contributed by atoms with E-state index in [1.54, 1.807) is 41.4 Å². The maximum atomic E-state index is 13.1. The van der Waals surface area contributed by atoms with Crippen molar-refractivity contribution in [1.82, 2.24) is 9.88 Å². The minimum absolute atomic E-state index is 0.0262. The Hall–Kier alpha value is -2.45. The Morgan fingerprint density at radius 2 is 1.80 bits per heavy atom. The number of carbonyl (C=O) groups is 1. The zero-order chi connectivity index (χ0) is 21.5. The summed E-state index contributed by atoms with van der Waals surface area (Å²) >= 11 is 1.68. The quantitative estimate of drug-likeness (QED) is 0.615. The Balaban J connectivity index is 1.52. The number of fused-ring (bicyclic) bond motifs is 1. The van der Waals surface area contributed by atoms with Gasteiger partial charge < -0.3 is 9.80 Å². The Bertz CT molecular complexity index is 1210. The molecule has 0 saturated carbocycles. The van der Waals surface area contributed by atoms with Crippen molar-refractivity contribution in [2.24, 2.45) is 0 Å². The van der Waals surface area contributed by atoms with E-state index in [4.69, 9.17) is 4.98 Å². The summed E-state index contributed by atoms with van der Waals surface area (Å²) in [5.41, 5.74) is 3.71. The number of benzene rings is 2. The van der Waals surface area contributed by atoms with Crippen LogP contribution in [0.4, 0.5) is 5.13 Å². The van der Waals surface area contributed by atoms with Crippen molar-refractivity contribution in [3.05, 3.63) is 53.1 Å². The maximum absolute atomic E-state index is 13.1. The highest BCUT2D eigenvalue weighted by molar-refractivity contribution is 7.91. The molecule has 2 heterocycles. The van der Waals surface area contributed by atoms with Crippen molar-refractivity contribution in [3.63, 3.8) is 0 Å². The van der Waals surface area contributed by atoms with Crippen LogP contribution >= 0.6 is 11.3 Å². The van der Waals surface area contributed by atoms with Crippen LogP contribution in [0.25, 0.3) is 10.2 Å². The molecule has 1 amide bonds. The van der Waals surface area contributed by atoms with E-state index >= 15 is 0 Å². The molecule has 0 N–H and O–H groups in total. The van der Waals surface area contributed by atoms with Crippen molar-refractivity contribution < 1.29 is 13.2 Å². The molecule has 1 saturated heterocycles. The predicted octanol–water partition coefficient (Wildman–Crippen LogP) is 3.67. The third-order valence-corrected chi connectivity index (χ3v) is 8.34. The molecule has 0 bridgehead atoms. The first-order chi connectivity index (χ1) is 14.3. The molecule has 1 fully saturated rings. The number of rotatable bonds is 4. The van der Waals surface area contributed by atoms with Gasteiger partial charge in [0.05, 0.1) is 26.4 Å². The number of carbonyl (C=O) groups excluding carboxylic acids is 1. The van der Waals surface area contributed by atoms with E-state index in [0.29, 0.717) is 26.2 Å². The molecule has 0 spiro atoms. The Labute approximate surface area is 181 Å². The van der Waals surface area contributed by atoms with Crippen molar-refractivity contribution in [2.75, 3.05) is 36.8 Å². The second-order valence-electron chi connectivity index (χ2n) is 7.60. The van der Waals surface area contributed by atoms with Crippen molar-refractivity contribution >= 4 is 42.4 Å². The van der Waals surface area contributed by atoms with Crippen LogP contribution in [0.15, 0.2) is 41.3 Å². The molecule has 3 aromatic rings. The number of amides is 1. The standard InChI is InChI=1S/C22H25N3O3S2/c1-4-30(27,28)19-8-6-5-7-17(19)21(26)24-9-11-25(12-10-24)22-23-20-16(3)13-15(2)14-18(20)29-22/h5-8,13-14H,4,9-12H2,1-3H3. The van der Waals surface area contributed by atoms with Gasteiger partial charge in [0.1, 0.15) is 0 Å². The molecule has 2 aromatic carbocycles. The number of aromatic nitrogens is 1. The van der Waals surface area contributed by atoms with Gasteiger partial charge in [0, 0.05) is 26.2 Å². The van der Waals surface area contributed by atoms with E-state index in [0.717, 1.165) is 10.6 Å². The fourth-order valence-corrected chi connectivity index (χ4v) is 6.12. The summed E-state index contributed by atoms with van der Waals surface area (Å²) in [5.74, 6) is -0.250. The molecule has 1 aliphatic heterocycles. The fraction of sp³-hybridized carbons (Fsp3) is 0.364. The van der Waals surface area contributed by atoms with E-state index in [1.165, 1.54) is 21.9 Å². The number of piperazine rings is 1. The Morgan fingerprint density at radius 1 is 1.10 bits per heavy atom. The van der Waals surface area contributed by atoms with Gasteiger partial charge in [0.15, 0.2) is 15.0 Å². The number of hydrogen-bond donors (Lipinski definition) is 0. The van der Waals surface area contributed by atoms with Gasteiger partial charge in [-0.1, -0.05) is 36.5 Å². The molecule has 0 unspecified atom stereocenters. The highest BCUT2D eigenvalue weighted by Crippen LogP contribution is 2.32. The average Bonchev–Trinajstić information content (AvgIpc) is 3.18. The van der Waals surface area contributed by atoms with Crippen LogP contribution in [-0.2, 0) is 9.84 Å². The summed E-state index contributed by atoms with van der Waals surface area (Å²) in [7, 11) is -3.46. The number of thiazole rings is 1. The van der Waals surface area contributed by atoms with Gasteiger partial charge in [0.2, 0.25) is 0 Å². The zero-order valence-electron chi connectivity index (χ0n) is 17.4. The van der Waals surface area contributed by atoms with E-state index in [-0.39, 0.29) is 22.1 Å². The van der Waals surface area contributed by atoms with E-state index in [2.05, 4.69) is 30.9 Å². The largest absolute Gasteiger partial charge is 0.345 e. The summed E-state index contributed by atoms with van der Waals surface area (Å²) in [5, 5.41) is 0.972. The summed E-state index contributed by atoms with van der Waals surface area (Å²) < 4.78 is 26.0. The molecule has 0 radical (unpaired) electrons. The number of sulfone groups is 1. The van der Waals surface area contributed by atoms with Crippen LogP contribution in [0.1, 0.15) is 28.4 Å². The van der Waals surface area contributed by atoms with Crippen molar-refractivity contribution in [1.29, 1.82) is 0 Å². The maximum Gasteiger partial charge on any atom is 0.255 e. The lowest BCUT2D eigenvalue weighted by molar-refractivity contribution is 0.0743. The summed E-state index contributed by atoms with van der Waals surface area (Å²) in [4.78, 5) is 22.0. The first-order valence-corrected chi connectivity index (χ1v) is 12.5. The normalized spacial score (nSPS) is 15.0. The summed E-state index contributed by atoms with van der Waals surface area (Å²) in [6.45, 7) is 8.18. The molecule has 30 heavy (non-hydrogen) atoms. The second kappa shape index (κ2) is 8.00. The number of anilines is 1. The minimum Gasteiger partial charge on any atom is -0.345 e. The summed E-state index contributed by atoms with van der Waals surface area (Å²) in [6, 6.07) is 10.8. The Morgan fingerprint density at radius 3 is 2.50 bits per heavy atom. The highest BCUT2D eigenvalue weighted by Gasteiger charge is 2.28. The van der Waals surface area contributed by atoms with Crippen molar-refractivity contribution in [3.8, 4) is 0 Å². The molecular weight excluding hydrogens is 418 g/mol. The molecule has 1 aromatic heterocycles. The van der Waals surface area contributed by atoms with Crippen molar-refractivity contribution in [2.45, 2.75) is 25.7 Å². The van der Waals surface area contributed by atoms with Crippen LogP contribution in [0.2, 0.25) is 0 Å². The molecule has 8 heteroatoms. The van der Waals surface area contributed by atoms with Crippen LogP contribution in [-0.4, -0.2) is 56.1 Å². The van der Waals surface area contributed by atoms with E-state index in [1.807, 2.05) is 0 Å². The summed E-state index contributed by atoms with van der Waals surface area (Å²) in [6.07, 6.45) is 0. The van der Waals surface area contributed by atoms with Crippen LogP contribution < -0.4 is 4.90 Å². The van der Waals surface area contributed by atoms with Gasteiger partial charge in [-0.3, -0.25) is 4.79 Å². The average molecular weight is 444 g/mol. The van der Waals surface area contributed by atoms with Gasteiger partial charge in [-0.25, -0.2) is 13.4 Å². The van der Waals surface area contributed by atoms with Crippen LogP contribution in [0, 0.1) is 13.8 Å². The third-order valence-electron chi connectivity index (χ3n) is 5.49. The smallest absolute Gasteiger partial charge is 0.255 e. The lowest BCUT2D eigenvalue weighted by Gasteiger charge is -2.34. The van der Waals surface area contributed by atoms with E-state index < -0.39 is 9.84 Å². The van der Waals surface area contributed by atoms with Gasteiger partial charge in [0.25, 0.3) is 5.91 Å². The molecule has 4 rings (SSSR count). The molecule has 0 atom stereocenters.